The van der Waals surface area contributed by atoms with Crippen LogP contribution in [0.3, 0.4) is 0 Å². The van der Waals surface area contributed by atoms with E-state index in [-0.39, 0.29) is 19.0 Å². The lowest BCUT2D eigenvalue weighted by Crippen LogP contribution is -2.21. The Balaban J connectivity index is 1.72. The zero-order valence-corrected chi connectivity index (χ0v) is 16.2. The summed E-state index contributed by atoms with van der Waals surface area (Å²) in [7, 11) is 0. The van der Waals surface area contributed by atoms with Crippen LogP contribution in [-0.2, 0) is 0 Å². The second-order valence-electron chi connectivity index (χ2n) is 5.82. The molecular formula is C19H18BrFN4O3. The summed E-state index contributed by atoms with van der Waals surface area (Å²) in [6.45, 7) is -0.376. The van der Waals surface area contributed by atoms with Crippen molar-refractivity contribution in [3.05, 3.63) is 65.0 Å². The Bertz CT molecular complexity index is 927. The van der Waals surface area contributed by atoms with Crippen molar-refractivity contribution in [3.63, 3.8) is 0 Å². The molecule has 4 N–H and O–H groups in total. The molecule has 2 aromatic carbocycles. The van der Waals surface area contributed by atoms with E-state index in [0.29, 0.717) is 33.4 Å². The van der Waals surface area contributed by atoms with Gasteiger partial charge in [-0.25, -0.2) is 9.37 Å². The van der Waals surface area contributed by atoms with Crippen LogP contribution < -0.4 is 15.4 Å². The number of nitrogens with one attached hydrogen (secondary N) is 2. The van der Waals surface area contributed by atoms with Gasteiger partial charge in [-0.3, -0.25) is 0 Å². The van der Waals surface area contributed by atoms with Gasteiger partial charge in [0.2, 0.25) is 5.95 Å². The van der Waals surface area contributed by atoms with Crippen LogP contribution in [0.2, 0.25) is 0 Å². The molecule has 0 saturated heterocycles. The summed E-state index contributed by atoms with van der Waals surface area (Å²) in [5, 5.41) is 24.4. The molecular weight excluding hydrogens is 431 g/mol. The Morgan fingerprint density at radius 1 is 1.11 bits per heavy atom. The Labute approximate surface area is 169 Å². The van der Waals surface area contributed by atoms with Crippen molar-refractivity contribution in [2.45, 2.75) is 6.10 Å². The number of hydrogen-bond donors (Lipinski definition) is 4. The summed E-state index contributed by atoms with van der Waals surface area (Å²) in [6, 6.07) is 13.0. The van der Waals surface area contributed by atoms with Crippen molar-refractivity contribution in [1.29, 1.82) is 0 Å². The monoisotopic (exact) mass is 448 g/mol. The van der Waals surface area contributed by atoms with Crippen LogP contribution in [0.15, 0.2) is 59.2 Å². The molecule has 0 aliphatic heterocycles. The van der Waals surface area contributed by atoms with E-state index in [1.807, 2.05) is 6.07 Å². The van der Waals surface area contributed by atoms with E-state index in [1.54, 1.807) is 36.5 Å². The van der Waals surface area contributed by atoms with Gasteiger partial charge in [0.05, 0.1) is 11.1 Å². The lowest BCUT2D eigenvalue weighted by atomic mass is 10.3. The third kappa shape index (κ3) is 5.62. The first-order chi connectivity index (χ1) is 13.5. The number of benzene rings is 2. The van der Waals surface area contributed by atoms with Crippen molar-refractivity contribution >= 4 is 39.1 Å². The predicted molar refractivity (Wildman–Crippen MR) is 108 cm³/mol. The molecule has 0 amide bonds. The number of halogens is 2. The van der Waals surface area contributed by atoms with E-state index in [2.05, 4.69) is 36.5 Å². The first-order valence-corrected chi connectivity index (χ1v) is 9.17. The van der Waals surface area contributed by atoms with Crippen molar-refractivity contribution < 1.29 is 19.3 Å². The molecule has 0 aliphatic carbocycles. The molecule has 1 atom stereocenters. The molecule has 1 aromatic heterocycles. The van der Waals surface area contributed by atoms with Gasteiger partial charge in [-0.1, -0.05) is 6.07 Å². The van der Waals surface area contributed by atoms with Crippen LogP contribution in [0.4, 0.5) is 27.5 Å². The van der Waals surface area contributed by atoms with Gasteiger partial charge in [-0.2, -0.15) is 4.98 Å². The number of aromatic nitrogens is 2. The molecule has 0 bridgehead atoms. The van der Waals surface area contributed by atoms with Crippen LogP contribution in [0, 0.1) is 5.82 Å². The van der Waals surface area contributed by atoms with E-state index in [0.717, 1.165) is 0 Å². The van der Waals surface area contributed by atoms with Crippen LogP contribution in [0.1, 0.15) is 0 Å². The van der Waals surface area contributed by atoms with Crippen molar-refractivity contribution in [2.75, 3.05) is 23.8 Å². The van der Waals surface area contributed by atoms with E-state index in [4.69, 9.17) is 9.84 Å². The minimum absolute atomic E-state index is 0.0110. The fourth-order valence-corrected chi connectivity index (χ4v) is 2.51. The minimum atomic E-state index is -0.937. The minimum Gasteiger partial charge on any atom is -0.491 e. The fourth-order valence-electron chi connectivity index (χ4n) is 2.22. The van der Waals surface area contributed by atoms with E-state index in [9.17, 15) is 9.50 Å². The zero-order valence-electron chi connectivity index (χ0n) is 14.6. The second-order valence-corrected chi connectivity index (χ2v) is 6.68. The molecule has 3 aromatic rings. The smallest absolute Gasteiger partial charge is 0.229 e. The Hall–Kier alpha value is -2.75. The van der Waals surface area contributed by atoms with Gasteiger partial charge in [0.15, 0.2) is 0 Å². The maximum atomic E-state index is 13.0. The third-order valence-corrected chi connectivity index (χ3v) is 4.17. The molecule has 146 valence electrons. The SMILES string of the molecule is OCC(O)COc1cccc(Nc2nc(Nc3ccc(F)cc3)ncc2Br)c1. The van der Waals surface area contributed by atoms with Gasteiger partial charge in [0.1, 0.15) is 30.1 Å². The molecule has 1 unspecified atom stereocenters. The maximum absolute atomic E-state index is 13.0. The molecule has 1 heterocycles. The first kappa shape index (κ1) is 20.0. The average molecular weight is 449 g/mol. The number of aliphatic hydroxyl groups excluding tert-OH is 2. The summed E-state index contributed by atoms with van der Waals surface area (Å²) < 4.78 is 19.1. The number of hydrogen-bond acceptors (Lipinski definition) is 7. The summed E-state index contributed by atoms with van der Waals surface area (Å²) in [5.41, 5.74) is 1.37. The highest BCUT2D eigenvalue weighted by molar-refractivity contribution is 9.10. The fraction of sp³-hybridized carbons (Fsp3) is 0.158. The van der Waals surface area contributed by atoms with Crippen molar-refractivity contribution in [1.82, 2.24) is 9.97 Å². The van der Waals surface area contributed by atoms with Crippen LogP contribution in [-0.4, -0.2) is 39.5 Å². The standard InChI is InChI=1S/C19H18BrFN4O3/c20-17-9-22-19(24-13-6-4-12(21)5-7-13)25-18(17)23-14-2-1-3-16(8-14)28-11-15(27)10-26/h1-9,15,26-27H,10-11H2,(H2,22,23,24,25). The molecule has 0 spiro atoms. The van der Waals surface area contributed by atoms with Gasteiger partial charge >= 0.3 is 0 Å². The number of nitrogens with zero attached hydrogens (tertiary/aromatic N) is 2. The number of ether oxygens (including phenoxy) is 1. The molecule has 9 heteroatoms. The number of rotatable bonds is 8. The highest BCUT2D eigenvalue weighted by Crippen LogP contribution is 2.27. The van der Waals surface area contributed by atoms with Crippen LogP contribution >= 0.6 is 15.9 Å². The molecule has 7 nitrogen and oxygen atoms in total. The van der Waals surface area contributed by atoms with Gasteiger partial charge in [0, 0.05) is 23.6 Å². The van der Waals surface area contributed by atoms with E-state index >= 15 is 0 Å². The van der Waals surface area contributed by atoms with Gasteiger partial charge in [0.25, 0.3) is 0 Å². The number of anilines is 4. The second kappa shape index (κ2) is 9.45. The molecule has 0 fully saturated rings. The summed E-state index contributed by atoms with van der Waals surface area (Å²) >= 11 is 3.40. The topological polar surface area (TPSA) is 99.5 Å². The van der Waals surface area contributed by atoms with E-state index in [1.165, 1.54) is 12.1 Å². The van der Waals surface area contributed by atoms with Crippen LogP contribution in [0.25, 0.3) is 0 Å². The van der Waals surface area contributed by atoms with Gasteiger partial charge in [-0.15, -0.1) is 0 Å². The Kier molecular flexibility index (Phi) is 6.75. The molecule has 0 aliphatic rings. The van der Waals surface area contributed by atoms with E-state index < -0.39 is 6.10 Å². The largest absolute Gasteiger partial charge is 0.491 e. The molecule has 28 heavy (non-hydrogen) atoms. The first-order valence-electron chi connectivity index (χ1n) is 8.37. The highest BCUT2D eigenvalue weighted by atomic mass is 79.9. The van der Waals surface area contributed by atoms with Crippen molar-refractivity contribution in [3.8, 4) is 5.75 Å². The molecule has 0 radical (unpaired) electrons. The number of aliphatic hydroxyl groups is 2. The van der Waals surface area contributed by atoms with Crippen molar-refractivity contribution in [2.24, 2.45) is 0 Å². The predicted octanol–water partition coefficient (Wildman–Crippen LogP) is 3.60. The van der Waals surface area contributed by atoms with Gasteiger partial charge < -0.3 is 25.6 Å². The summed E-state index contributed by atoms with van der Waals surface area (Å²) in [5.74, 6) is 1.08. The summed E-state index contributed by atoms with van der Waals surface area (Å²) in [4.78, 5) is 8.61. The maximum Gasteiger partial charge on any atom is 0.229 e. The highest BCUT2D eigenvalue weighted by Gasteiger charge is 2.08. The Morgan fingerprint density at radius 3 is 2.64 bits per heavy atom. The third-order valence-electron chi connectivity index (χ3n) is 3.59. The molecule has 0 saturated carbocycles. The lowest BCUT2D eigenvalue weighted by Gasteiger charge is -2.13. The Morgan fingerprint density at radius 2 is 1.89 bits per heavy atom. The normalized spacial score (nSPS) is 11.7. The zero-order chi connectivity index (χ0) is 19.9. The lowest BCUT2D eigenvalue weighted by molar-refractivity contribution is 0.0536. The molecule has 3 rings (SSSR count). The van der Waals surface area contributed by atoms with Crippen LogP contribution in [0.5, 0.6) is 5.75 Å². The summed E-state index contributed by atoms with van der Waals surface area (Å²) in [6.07, 6.45) is 0.659. The quantitative estimate of drug-likeness (QED) is 0.417. The van der Waals surface area contributed by atoms with Gasteiger partial charge in [-0.05, 0) is 52.3 Å². The average Bonchev–Trinajstić information content (AvgIpc) is 2.70.